The number of aryl methyl sites for hydroxylation is 1. The Labute approximate surface area is 130 Å². The summed E-state index contributed by atoms with van der Waals surface area (Å²) in [5.41, 5.74) is 2.03. The molecule has 106 valence electrons. The quantitative estimate of drug-likeness (QED) is 0.898. The first-order valence-electron chi connectivity index (χ1n) is 6.41. The van der Waals surface area contributed by atoms with Gasteiger partial charge in [-0.15, -0.1) is 11.3 Å². The predicted octanol–water partition coefficient (Wildman–Crippen LogP) is 4.16. The van der Waals surface area contributed by atoms with Gasteiger partial charge >= 0.3 is 0 Å². The van der Waals surface area contributed by atoms with Gasteiger partial charge in [-0.2, -0.15) is 0 Å². The largest absolute Gasteiger partial charge is 0.486 e. The van der Waals surface area contributed by atoms with Gasteiger partial charge in [0.25, 0.3) is 0 Å². The van der Waals surface area contributed by atoms with Crippen LogP contribution in [0.4, 0.5) is 5.69 Å². The first-order valence-corrected chi connectivity index (χ1v) is 8.08. The van der Waals surface area contributed by atoms with Crippen molar-refractivity contribution in [3.63, 3.8) is 0 Å². The maximum absolute atomic E-state index is 5.61. The lowest BCUT2D eigenvalue weighted by Gasteiger charge is -2.21. The number of rotatable bonds is 3. The molecule has 4 nitrogen and oxygen atoms in total. The van der Waals surface area contributed by atoms with Crippen molar-refractivity contribution in [2.24, 2.45) is 0 Å². The SMILES string of the molecule is Cc1nc(C(C)Nc2cc3c(cc2Br)OCCO3)cs1. The van der Waals surface area contributed by atoms with E-state index < -0.39 is 0 Å². The second kappa shape index (κ2) is 5.61. The molecule has 0 radical (unpaired) electrons. The van der Waals surface area contributed by atoms with Crippen molar-refractivity contribution < 1.29 is 9.47 Å². The van der Waals surface area contributed by atoms with Crippen LogP contribution in [-0.4, -0.2) is 18.2 Å². The molecule has 0 aliphatic carbocycles. The predicted molar refractivity (Wildman–Crippen MR) is 84.0 cm³/mol. The highest BCUT2D eigenvalue weighted by Gasteiger charge is 2.17. The van der Waals surface area contributed by atoms with Gasteiger partial charge in [0.1, 0.15) is 13.2 Å². The first-order chi connectivity index (χ1) is 9.63. The van der Waals surface area contributed by atoms with Crippen molar-refractivity contribution in [3.8, 4) is 11.5 Å². The molecule has 0 fully saturated rings. The summed E-state index contributed by atoms with van der Waals surface area (Å²) in [4.78, 5) is 4.51. The summed E-state index contributed by atoms with van der Waals surface area (Å²) >= 11 is 5.23. The molecule has 1 aromatic carbocycles. The summed E-state index contributed by atoms with van der Waals surface area (Å²) in [5.74, 6) is 1.56. The number of hydrogen-bond acceptors (Lipinski definition) is 5. The average molecular weight is 355 g/mol. The molecule has 0 amide bonds. The second-order valence-electron chi connectivity index (χ2n) is 4.63. The molecule has 3 rings (SSSR count). The van der Waals surface area contributed by atoms with Gasteiger partial charge in [0.2, 0.25) is 0 Å². The molecule has 20 heavy (non-hydrogen) atoms. The smallest absolute Gasteiger partial charge is 0.163 e. The zero-order valence-corrected chi connectivity index (χ0v) is 13.7. The number of nitrogens with zero attached hydrogens (tertiary/aromatic N) is 1. The molecule has 0 spiro atoms. The third-order valence-corrected chi connectivity index (χ3v) is 4.53. The standard InChI is InChI=1S/C14H15BrN2O2S/c1-8(12-7-20-9(2)17-12)16-11-6-14-13(5-10(11)15)18-3-4-19-14/h5-8,16H,3-4H2,1-2H3. The molecule has 0 saturated heterocycles. The molecular weight excluding hydrogens is 340 g/mol. The Kier molecular flexibility index (Phi) is 3.85. The van der Waals surface area contributed by atoms with E-state index in [1.54, 1.807) is 11.3 Å². The summed E-state index contributed by atoms with van der Waals surface area (Å²) in [7, 11) is 0. The molecule has 1 aromatic heterocycles. The summed E-state index contributed by atoms with van der Waals surface area (Å²) in [6, 6.07) is 4.04. The number of anilines is 1. The Bertz CT molecular complexity index is 630. The van der Waals surface area contributed by atoms with Crippen LogP contribution >= 0.6 is 27.3 Å². The molecule has 0 bridgehead atoms. The van der Waals surface area contributed by atoms with E-state index in [-0.39, 0.29) is 6.04 Å². The number of nitrogens with one attached hydrogen (secondary N) is 1. The first kappa shape index (κ1) is 13.7. The molecule has 1 N–H and O–H groups in total. The Hall–Kier alpha value is -1.27. The van der Waals surface area contributed by atoms with E-state index >= 15 is 0 Å². The molecule has 1 unspecified atom stereocenters. The minimum absolute atomic E-state index is 0.138. The number of benzene rings is 1. The zero-order valence-electron chi connectivity index (χ0n) is 11.3. The number of hydrogen-bond donors (Lipinski definition) is 1. The van der Waals surface area contributed by atoms with E-state index in [2.05, 4.69) is 38.5 Å². The van der Waals surface area contributed by atoms with Crippen molar-refractivity contribution in [3.05, 3.63) is 32.7 Å². The Morgan fingerprint density at radius 3 is 2.65 bits per heavy atom. The molecule has 1 aliphatic heterocycles. The molecule has 2 aromatic rings. The highest BCUT2D eigenvalue weighted by atomic mass is 79.9. The van der Waals surface area contributed by atoms with Gasteiger partial charge < -0.3 is 14.8 Å². The summed E-state index contributed by atoms with van der Waals surface area (Å²) in [6.07, 6.45) is 0. The van der Waals surface area contributed by atoms with Crippen LogP contribution in [0.15, 0.2) is 22.0 Å². The normalized spacial score (nSPS) is 14.9. The third kappa shape index (κ3) is 2.76. The van der Waals surface area contributed by atoms with Crippen molar-refractivity contribution in [2.45, 2.75) is 19.9 Å². The van der Waals surface area contributed by atoms with E-state index in [1.807, 2.05) is 19.1 Å². The Morgan fingerprint density at radius 1 is 1.30 bits per heavy atom. The van der Waals surface area contributed by atoms with Crippen LogP contribution in [0.1, 0.15) is 23.7 Å². The van der Waals surface area contributed by atoms with Gasteiger partial charge in [-0.05, 0) is 29.8 Å². The topological polar surface area (TPSA) is 43.4 Å². The van der Waals surface area contributed by atoms with E-state index in [1.165, 1.54) is 0 Å². The monoisotopic (exact) mass is 354 g/mol. The number of ether oxygens (including phenoxy) is 2. The number of halogens is 1. The van der Waals surface area contributed by atoms with Crippen LogP contribution in [0.25, 0.3) is 0 Å². The Balaban J connectivity index is 1.83. The lowest BCUT2D eigenvalue weighted by atomic mass is 10.2. The molecular formula is C14H15BrN2O2S. The van der Waals surface area contributed by atoms with Crippen LogP contribution in [0.2, 0.25) is 0 Å². The lowest BCUT2D eigenvalue weighted by Crippen LogP contribution is -2.16. The maximum atomic E-state index is 5.61. The molecule has 6 heteroatoms. The highest BCUT2D eigenvalue weighted by molar-refractivity contribution is 9.10. The molecule has 0 saturated carbocycles. The molecule has 2 heterocycles. The summed E-state index contributed by atoms with van der Waals surface area (Å²) < 4.78 is 12.1. The van der Waals surface area contributed by atoms with Crippen LogP contribution in [0.3, 0.4) is 0 Å². The lowest BCUT2D eigenvalue weighted by molar-refractivity contribution is 0.171. The van der Waals surface area contributed by atoms with Crippen molar-refractivity contribution in [1.29, 1.82) is 0 Å². The second-order valence-corrected chi connectivity index (χ2v) is 6.55. The van der Waals surface area contributed by atoms with E-state index in [0.717, 1.165) is 32.4 Å². The third-order valence-electron chi connectivity index (χ3n) is 3.08. The van der Waals surface area contributed by atoms with E-state index in [4.69, 9.17) is 9.47 Å². The van der Waals surface area contributed by atoms with Crippen molar-refractivity contribution in [1.82, 2.24) is 4.98 Å². The number of thiazole rings is 1. The van der Waals surface area contributed by atoms with Crippen LogP contribution in [-0.2, 0) is 0 Å². The minimum atomic E-state index is 0.138. The molecule has 1 aliphatic rings. The maximum Gasteiger partial charge on any atom is 0.163 e. The van der Waals surface area contributed by atoms with Gasteiger partial charge in [0.15, 0.2) is 11.5 Å². The van der Waals surface area contributed by atoms with Gasteiger partial charge in [-0.1, -0.05) is 0 Å². The average Bonchev–Trinajstić information content (AvgIpc) is 2.86. The fourth-order valence-corrected chi connectivity index (χ4v) is 3.20. The van der Waals surface area contributed by atoms with Gasteiger partial charge in [-0.25, -0.2) is 4.98 Å². The summed E-state index contributed by atoms with van der Waals surface area (Å²) in [6.45, 7) is 5.30. The van der Waals surface area contributed by atoms with Gasteiger partial charge in [0, 0.05) is 22.0 Å². The van der Waals surface area contributed by atoms with E-state index in [0.29, 0.717) is 13.2 Å². The zero-order chi connectivity index (χ0) is 14.1. The Morgan fingerprint density at radius 2 is 2.00 bits per heavy atom. The summed E-state index contributed by atoms with van der Waals surface area (Å²) in [5, 5.41) is 6.61. The van der Waals surface area contributed by atoms with Crippen LogP contribution in [0.5, 0.6) is 11.5 Å². The van der Waals surface area contributed by atoms with Crippen molar-refractivity contribution >= 4 is 33.0 Å². The van der Waals surface area contributed by atoms with Gasteiger partial charge in [0.05, 0.1) is 22.4 Å². The number of aromatic nitrogens is 1. The van der Waals surface area contributed by atoms with Gasteiger partial charge in [-0.3, -0.25) is 0 Å². The molecule has 1 atom stereocenters. The minimum Gasteiger partial charge on any atom is -0.486 e. The van der Waals surface area contributed by atoms with Crippen molar-refractivity contribution in [2.75, 3.05) is 18.5 Å². The fraction of sp³-hybridized carbons (Fsp3) is 0.357. The highest BCUT2D eigenvalue weighted by Crippen LogP contribution is 2.39. The van der Waals surface area contributed by atoms with E-state index in [9.17, 15) is 0 Å². The van der Waals surface area contributed by atoms with Crippen LogP contribution < -0.4 is 14.8 Å². The number of fused-ring (bicyclic) bond motifs is 1. The van der Waals surface area contributed by atoms with Crippen LogP contribution in [0, 0.1) is 6.92 Å². The fourth-order valence-electron chi connectivity index (χ4n) is 2.06.